The van der Waals surface area contributed by atoms with E-state index in [2.05, 4.69) is 4.98 Å². The van der Waals surface area contributed by atoms with Gasteiger partial charge in [0, 0.05) is 6.20 Å². The zero-order valence-electron chi connectivity index (χ0n) is 5.71. The summed E-state index contributed by atoms with van der Waals surface area (Å²) in [7, 11) is 0. The largest absolute Gasteiger partial charge is 0.476 e. The molecule has 0 saturated heterocycles. The molecule has 0 aliphatic carbocycles. The molecule has 0 aliphatic heterocycles. The van der Waals surface area contributed by atoms with Crippen LogP contribution in [0.15, 0.2) is 6.20 Å². The summed E-state index contributed by atoms with van der Waals surface area (Å²) in [6, 6.07) is 0. The first-order valence-corrected chi connectivity index (χ1v) is 3.94. The normalized spacial score (nSPS) is 9.83. The number of aromatic nitrogens is 1. The zero-order chi connectivity index (χ0) is 9.30. The van der Waals surface area contributed by atoms with Crippen LogP contribution in [-0.2, 0) is 0 Å². The van der Waals surface area contributed by atoms with E-state index in [0.717, 1.165) is 0 Å². The van der Waals surface area contributed by atoms with Gasteiger partial charge in [0.2, 0.25) is 0 Å². The summed E-state index contributed by atoms with van der Waals surface area (Å²) in [6.07, 6.45) is 1.21. The average Bonchev–Trinajstić information content (AvgIpc) is 2.00. The Labute approximate surface area is 80.7 Å². The number of carbonyl (C=O) groups is 1. The Hall–Kier alpha value is -0.920. The average molecular weight is 282 g/mol. The molecule has 12 heavy (non-hydrogen) atoms. The number of hydrogen-bond donors (Lipinski definition) is 2. The van der Waals surface area contributed by atoms with E-state index in [0.29, 0.717) is 3.57 Å². The minimum atomic E-state index is -1.42. The molecule has 0 spiro atoms. The summed E-state index contributed by atoms with van der Waals surface area (Å²) in [5.74, 6) is -2.40. The van der Waals surface area contributed by atoms with Gasteiger partial charge in [-0.15, -0.1) is 0 Å². The number of rotatable bonds is 1. The van der Waals surface area contributed by atoms with Crippen LogP contribution >= 0.6 is 22.6 Å². The molecule has 0 fully saturated rings. The fraction of sp³-hybridized carbons (Fsp3) is 0. The van der Waals surface area contributed by atoms with Gasteiger partial charge in [-0.2, -0.15) is 0 Å². The Bertz CT molecular complexity index is 343. The van der Waals surface area contributed by atoms with Crippen LogP contribution in [0.5, 0.6) is 0 Å². The van der Waals surface area contributed by atoms with Gasteiger partial charge >= 0.3 is 5.97 Å². The second-order valence-corrected chi connectivity index (χ2v) is 3.15. The van der Waals surface area contributed by atoms with Crippen LogP contribution in [0.3, 0.4) is 0 Å². The molecule has 1 heterocycles. The molecule has 0 aliphatic rings. The van der Waals surface area contributed by atoms with Crippen molar-refractivity contribution in [3.8, 4) is 0 Å². The van der Waals surface area contributed by atoms with Crippen LogP contribution in [-0.4, -0.2) is 16.1 Å². The van der Waals surface area contributed by atoms with Gasteiger partial charge in [0.25, 0.3) is 0 Å². The summed E-state index contributed by atoms with van der Waals surface area (Å²) >= 11 is 1.77. The van der Waals surface area contributed by atoms with E-state index in [1.54, 1.807) is 22.6 Å². The Morgan fingerprint density at radius 1 is 1.75 bits per heavy atom. The van der Waals surface area contributed by atoms with Crippen molar-refractivity contribution in [3.63, 3.8) is 0 Å². The SMILES string of the molecule is Nc1c(I)cnc(C(=O)O)c1F. The van der Waals surface area contributed by atoms with Crippen LogP contribution in [0.25, 0.3) is 0 Å². The molecule has 0 radical (unpaired) electrons. The summed E-state index contributed by atoms with van der Waals surface area (Å²) in [4.78, 5) is 13.7. The van der Waals surface area contributed by atoms with E-state index < -0.39 is 17.5 Å². The molecule has 6 heteroatoms. The molecule has 1 aromatic rings. The van der Waals surface area contributed by atoms with Crippen molar-refractivity contribution in [2.45, 2.75) is 0 Å². The molecule has 4 nitrogen and oxygen atoms in total. The Balaban J connectivity index is 3.36. The smallest absolute Gasteiger partial charge is 0.357 e. The minimum absolute atomic E-state index is 0.178. The van der Waals surface area contributed by atoms with Crippen molar-refractivity contribution in [1.29, 1.82) is 0 Å². The lowest BCUT2D eigenvalue weighted by atomic mass is 10.3. The number of nitrogens with two attached hydrogens (primary N) is 1. The van der Waals surface area contributed by atoms with Crippen LogP contribution in [0.2, 0.25) is 0 Å². The van der Waals surface area contributed by atoms with E-state index in [9.17, 15) is 9.18 Å². The number of nitrogens with zero attached hydrogens (tertiary/aromatic N) is 1. The van der Waals surface area contributed by atoms with Gasteiger partial charge in [-0.25, -0.2) is 14.2 Å². The van der Waals surface area contributed by atoms with Gasteiger partial charge in [-0.1, -0.05) is 0 Å². The van der Waals surface area contributed by atoms with Crippen molar-refractivity contribution in [3.05, 3.63) is 21.3 Å². The number of anilines is 1. The van der Waals surface area contributed by atoms with Gasteiger partial charge in [-0.3, -0.25) is 0 Å². The fourth-order valence-corrected chi connectivity index (χ4v) is 1.00. The van der Waals surface area contributed by atoms with Crippen molar-refractivity contribution < 1.29 is 14.3 Å². The third-order valence-corrected chi connectivity index (χ3v) is 2.07. The molecule has 3 N–H and O–H groups in total. The first-order chi connectivity index (χ1) is 5.54. The highest BCUT2D eigenvalue weighted by Crippen LogP contribution is 2.19. The van der Waals surface area contributed by atoms with Crippen LogP contribution in [0.1, 0.15) is 10.5 Å². The summed E-state index contributed by atoms with van der Waals surface area (Å²) in [5, 5.41) is 8.42. The number of nitrogen functional groups attached to an aromatic ring is 1. The molecular weight excluding hydrogens is 278 g/mol. The number of halogens is 2. The summed E-state index contributed by atoms with van der Waals surface area (Å²) in [6.45, 7) is 0. The first-order valence-electron chi connectivity index (χ1n) is 2.86. The Morgan fingerprint density at radius 2 is 2.33 bits per heavy atom. The maximum Gasteiger partial charge on any atom is 0.357 e. The van der Waals surface area contributed by atoms with E-state index in [1.807, 2.05) is 0 Å². The predicted octanol–water partition coefficient (Wildman–Crippen LogP) is 1.11. The van der Waals surface area contributed by atoms with E-state index in [4.69, 9.17) is 10.8 Å². The Morgan fingerprint density at radius 3 is 2.83 bits per heavy atom. The van der Waals surface area contributed by atoms with Gasteiger partial charge in [0.1, 0.15) is 0 Å². The zero-order valence-corrected chi connectivity index (χ0v) is 7.87. The number of carboxylic acids is 1. The van der Waals surface area contributed by atoms with Crippen molar-refractivity contribution in [2.24, 2.45) is 0 Å². The Kier molecular flexibility index (Phi) is 2.46. The molecule has 0 saturated carbocycles. The molecule has 0 atom stereocenters. The van der Waals surface area contributed by atoms with E-state index in [1.165, 1.54) is 6.20 Å². The molecule has 0 bridgehead atoms. The number of hydrogen-bond acceptors (Lipinski definition) is 3. The highest BCUT2D eigenvalue weighted by atomic mass is 127. The summed E-state index contributed by atoms with van der Waals surface area (Å²) in [5.41, 5.74) is 4.41. The highest BCUT2D eigenvalue weighted by Gasteiger charge is 2.16. The molecule has 0 aromatic carbocycles. The predicted molar refractivity (Wildman–Crippen MR) is 48.3 cm³/mol. The third-order valence-electron chi connectivity index (χ3n) is 1.21. The molecule has 0 unspecified atom stereocenters. The maximum absolute atomic E-state index is 12.9. The van der Waals surface area contributed by atoms with Crippen LogP contribution in [0, 0.1) is 9.39 Å². The standard InChI is InChI=1S/C6H4FIN2O2/c7-3-4(9)2(8)1-10-5(3)6(11)12/h1H,(H2,9,10)(H,11,12). The van der Waals surface area contributed by atoms with E-state index in [-0.39, 0.29) is 5.69 Å². The van der Waals surface area contributed by atoms with Crippen LogP contribution in [0.4, 0.5) is 10.1 Å². The number of carboxylic acid groups (broad SMARTS) is 1. The molecule has 1 rings (SSSR count). The van der Waals surface area contributed by atoms with Gasteiger partial charge in [0.15, 0.2) is 11.5 Å². The van der Waals surface area contributed by atoms with Crippen molar-refractivity contribution in [2.75, 3.05) is 5.73 Å². The molecular formula is C6H4FIN2O2. The summed E-state index contributed by atoms with van der Waals surface area (Å²) < 4.78 is 13.3. The van der Waals surface area contributed by atoms with Gasteiger partial charge in [-0.05, 0) is 22.6 Å². The fourth-order valence-electron chi connectivity index (χ4n) is 0.629. The second-order valence-electron chi connectivity index (χ2n) is 1.99. The first kappa shape index (κ1) is 9.17. The molecule has 0 amide bonds. The highest BCUT2D eigenvalue weighted by molar-refractivity contribution is 14.1. The number of pyridine rings is 1. The lowest BCUT2D eigenvalue weighted by Crippen LogP contribution is -2.08. The van der Waals surface area contributed by atoms with Gasteiger partial charge in [0.05, 0.1) is 9.26 Å². The van der Waals surface area contributed by atoms with Crippen molar-refractivity contribution >= 4 is 34.2 Å². The van der Waals surface area contributed by atoms with E-state index >= 15 is 0 Å². The van der Waals surface area contributed by atoms with Crippen molar-refractivity contribution in [1.82, 2.24) is 4.98 Å². The lowest BCUT2D eigenvalue weighted by Gasteiger charge is -2.01. The lowest BCUT2D eigenvalue weighted by molar-refractivity contribution is 0.0685. The number of aromatic carboxylic acids is 1. The molecule has 1 aromatic heterocycles. The second kappa shape index (κ2) is 3.21. The topological polar surface area (TPSA) is 76.2 Å². The third kappa shape index (κ3) is 1.47. The minimum Gasteiger partial charge on any atom is -0.476 e. The quantitative estimate of drug-likeness (QED) is 0.756. The van der Waals surface area contributed by atoms with Crippen LogP contribution < -0.4 is 5.73 Å². The van der Waals surface area contributed by atoms with Gasteiger partial charge < -0.3 is 10.8 Å². The maximum atomic E-state index is 12.9. The molecule has 64 valence electrons. The monoisotopic (exact) mass is 282 g/mol.